The normalized spacial score (nSPS) is 40.6. The van der Waals surface area contributed by atoms with Crippen molar-refractivity contribution in [2.24, 2.45) is 17.8 Å². The third-order valence-corrected chi connectivity index (χ3v) is 2.71. The fourth-order valence-electron chi connectivity index (χ4n) is 2.04. The highest BCUT2D eigenvalue weighted by Crippen LogP contribution is 2.51. The molecule has 11 heavy (non-hydrogen) atoms. The molecule has 0 N–H and O–H groups in total. The molecule has 0 aromatic heterocycles. The lowest BCUT2D eigenvalue weighted by Gasteiger charge is -1.96. The largest absolute Gasteiger partial charge is 0.295 e. The van der Waals surface area contributed by atoms with Gasteiger partial charge in [0.25, 0.3) is 0 Å². The minimum Gasteiger partial charge on any atom is -0.295 e. The first-order chi connectivity index (χ1) is 5.25. The van der Waals surface area contributed by atoms with Gasteiger partial charge in [0.1, 0.15) is 0 Å². The van der Waals surface area contributed by atoms with Crippen molar-refractivity contribution in [1.82, 2.24) is 0 Å². The zero-order valence-corrected chi connectivity index (χ0v) is 6.41. The van der Waals surface area contributed by atoms with Gasteiger partial charge in [0.05, 0.1) is 0 Å². The van der Waals surface area contributed by atoms with Gasteiger partial charge in [-0.15, -0.1) is 0 Å². The molecule has 0 aromatic carbocycles. The van der Waals surface area contributed by atoms with Crippen LogP contribution in [0.15, 0.2) is 12.2 Å². The first-order valence-electron chi connectivity index (χ1n) is 4.01. The second-order valence-electron chi connectivity index (χ2n) is 3.26. The molecule has 1 fully saturated rings. The van der Waals surface area contributed by atoms with Crippen LogP contribution in [0, 0.1) is 17.8 Å². The molecule has 0 heterocycles. The van der Waals surface area contributed by atoms with Gasteiger partial charge >= 0.3 is 0 Å². The molecule has 1 saturated carbocycles. The van der Waals surface area contributed by atoms with Gasteiger partial charge in [-0.25, -0.2) is 0 Å². The van der Waals surface area contributed by atoms with Crippen molar-refractivity contribution < 1.29 is 9.59 Å². The van der Waals surface area contributed by atoms with Crippen molar-refractivity contribution in [3.8, 4) is 0 Å². The summed E-state index contributed by atoms with van der Waals surface area (Å²) in [6, 6.07) is 0. The first-order valence-corrected chi connectivity index (χ1v) is 4.01. The summed E-state index contributed by atoms with van der Waals surface area (Å²) in [6.07, 6.45) is 3.81. The predicted molar refractivity (Wildman–Crippen MR) is 39.9 cm³/mol. The second-order valence-corrected chi connectivity index (χ2v) is 3.26. The molecule has 0 amide bonds. The Morgan fingerprint density at radius 3 is 2.00 bits per heavy atom. The van der Waals surface area contributed by atoms with E-state index in [4.69, 9.17) is 0 Å². The molecule has 58 valence electrons. The van der Waals surface area contributed by atoms with E-state index in [2.05, 4.69) is 0 Å². The zero-order valence-electron chi connectivity index (χ0n) is 6.41. The van der Waals surface area contributed by atoms with E-state index < -0.39 is 0 Å². The fourth-order valence-corrected chi connectivity index (χ4v) is 2.04. The van der Waals surface area contributed by atoms with Crippen LogP contribution in [-0.2, 0) is 9.59 Å². The standard InChI is InChI=1S/C9H10O2/c1-2-5-8-6(10)3-4-7(11)9(5)8/h3-5,8-9H,2H2,1H3/t5?,8-,9+. The summed E-state index contributed by atoms with van der Waals surface area (Å²) >= 11 is 0. The van der Waals surface area contributed by atoms with E-state index in [-0.39, 0.29) is 23.4 Å². The molecule has 0 aliphatic heterocycles. The van der Waals surface area contributed by atoms with Crippen LogP contribution in [0.2, 0.25) is 0 Å². The van der Waals surface area contributed by atoms with Gasteiger partial charge in [-0.2, -0.15) is 0 Å². The average molecular weight is 150 g/mol. The Balaban J connectivity index is 2.24. The lowest BCUT2D eigenvalue weighted by Crippen LogP contribution is -2.09. The summed E-state index contributed by atoms with van der Waals surface area (Å²) in [6.45, 7) is 2.03. The van der Waals surface area contributed by atoms with Crippen LogP contribution in [0.1, 0.15) is 13.3 Å². The number of allylic oxidation sites excluding steroid dienone is 2. The molecule has 2 aliphatic rings. The number of carbonyl (C=O) groups is 2. The highest BCUT2D eigenvalue weighted by atomic mass is 16.1. The van der Waals surface area contributed by atoms with E-state index >= 15 is 0 Å². The summed E-state index contributed by atoms with van der Waals surface area (Å²) in [5, 5.41) is 0. The number of fused-ring (bicyclic) bond motifs is 1. The van der Waals surface area contributed by atoms with Gasteiger partial charge in [0, 0.05) is 11.8 Å². The highest BCUT2D eigenvalue weighted by Gasteiger charge is 2.57. The third-order valence-electron chi connectivity index (χ3n) is 2.71. The van der Waals surface area contributed by atoms with E-state index in [0.717, 1.165) is 6.42 Å². The summed E-state index contributed by atoms with van der Waals surface area (Å²) in [7, 11) is 0. The number of hydrogen-bond donors (Lipinski definition) is 0. The smallest absolute Gasteiger partial charge is 0.159 e. The lowest BCUT2D eigenvalue weighted by molar-refractivity contribution is -0.121. The number of hydrogen-bond acceptors (Lipinski definition) is 2. The van der Waals surface area contributed by atoms with Gasteiger partial charge in [-0.3, -0.25) is 9.59 Å². The van der Waals surface area contributed by atoms with Gasteiger partial charge in [-0.05, 0) is 18.1 Å². The second kappa shape index (κ2) is 2.03. The maximum Gasteiger partial charge on any atom is 0.159 e. The maximum absolute atomic E-state index is 11.1. The molecule has 2 rings (SSSR count). The van der Waals surface area contributed by atoms with E-state index in [9.17, 15) is 9.59 Å². The Labute approximate surface area is 65.3 Å². The molecular weight excluding hydrogens is 140 g/mol. The molecule has 0 aromatic rings. The predicted octanol–water partition coefficient (Wildman–Crippen LogP) is 0.967. The number of ketones is 2. The third kappa shape index (κ3) is 0.785. The van der Waals surface area contributed by atoms with Crippen molar-refractivity contribution >= 4 is 11.6 Å². The van der Waals surface area contributed by atoms with Crippen LogP contribution in [0.25, 0.3) is 0 Å². The Hall–Kier alpha value is -0.920. The molecule has 3 atom stereocenters. The van der Waals surface area contributed by atoms with Crippen molar-refractivity contribution in [1.29, 1.82) is 0 Å². The van der Waals surface area contributed by atoms with Crippen LogP contribution in [0.5, 0.6) is 0 Å². The molecule has 2 nitrogen and oxygen atoms in total. The lowest BCUT2D eigenvalue weighted by atomic mass is 10.1. The molecule has 0 bridgehead atoms. The Kier molecular flexibility index (Phi) is 1.25. The molecule has 2 aliphatic carbocycles. The summed E-state index contributed by atoms with van der Waals surface area (Å²) < 4.78 is 0. The van der Waals surface area contributed by atoms with E-state index in [1.54, 1.807) is 0 Å². The van der Waals surface area contributed by atoms with Crippen LogP contribution < -0.4 is 0 Å². The van der Waals surface area contributed by atoms with Crippen molar-refractivity contribution in [3.05, 3.63) is 12.2 Å². The quantitative estimate of drug-likeness (QED) is 0.558. The number of carbonyl (C=O) groups excluding carboxylic acids is 2. The summed E-state index contributed by atoms with van der Waals surface area (Å²) in [5.74, 6) is 0.767. The molecule has 0 spiro atoms. The molecule has 0 saturated heterocycles. The Bertz CT molecular complexity index is 228. The average Bonchev–Trinajstić information content (AvgIpc) is 2.72. The van der Waals surface area contributed by atoms with Crippen LogP contribution in [-0.4, -0.2) is 11.6 Å². The first kappa shape index (κ1) is 6.77. The maximum atomic E-state index is 11.1. The van der Waals surface area contributed by atoms with E-state index in [0.29, 0.717) is 5.92 Å². The van der Waals surface area contributed by atoms with Gasteiger partial charge < -0.3 is 0 Å². The van der Waals surface area contributed by atoms with Crippen LogP contribution in [0.4, 0.5) is 0 Å². The van der Waals surface area contributed by atoms with Crippen molar-refractivity contribution in [2.75, 3.05) is 0 Å². The van der Waals surface area contributed by atoms with Crippen molar-refractivity contribution in [3.63, 3.8) is 0 Å². The highest BCUT2D eigenvalue weighted by molar-refractivity contribution is 6.11. The minimum absolute atomic E-state index is 0.0532. The molecule has 1 unspecified atom stereocenters. The van der Waals surface area contributed by atoms with E-state index in [1.165, 1.54) is 12.2 Å². The molecule has 0 radical (unpaired) electrons. The van der Waals surface area contributed by atoms with E-state index in [1.807, 2.05) is 6.92 Å². The minimum atomic E-state index is 0.0532. The zero-order chi connectivity index (χ0) is 8.01. The van der Waals surface area contributed by atoms with Gasteiger partial charge in [0.15, 0.2) is 11.6 Å². The van der Waals surface area contributed by atoms with Crippen LogP contribution in [0.3, 0.4) is 0 Å². The molecular formula is C9H10O2. The van der Waals surface area contributed by atoms with Crippen LogP contribution >= 0.6 is 0 Å². The SMILES string of the molecule is CCC1[C@H]2C(=O)C=CC(=O)[C@@H]12. The topological polar surface area (TPSA) is 34.1 Å². The molecule has 2 heteroatoms. The van der Waals surface area contributed by atoms with Gasteiger partial charge in [-0.1, -0.05) is 13.3 Å². The Morgan fingerprint density at radius 2 is 1.64 bits per heavy atom. The summed E-state index contributed by atoms with van der Waals surface area (Å²) in [5.41, 5.74) is 0. The monoisotopic (exact) mass is 150 g/mol. The number of rotatable bonds is 1. The summed E-state index contributed by atoms with van der Waals surface area (Å²) in [4.78, 5) is 22.2. The van der Waals surface area contributed by atoms with Crippen molar-refractivity contribution in [2.45, 2.75) is 13.3 Å². The fraction of sp³-hybridized carbons (Fsp3) is 0.556. The van der Waals surface area contributed by atoms with Gasteiger partial charge in [0.2, 0.25) is 0 Å². The Morgan fingerprint density at radius 1 is 1.18 bits per heavy atom.